The molecule has 1 aromatic carbocycles. The molecule has 2 aliphatic heterocycles. The number of aromatic nitrogens is 1. The molecular weight excluding hydrogens is 386 g/mol. The van der Waals surface area contributed by atoms with Crippen LogP contribution in [0, 0.1) is 6.92 Å². The minimum absolute atomic E-state index is 0.0157. The molecule has 154 valence electrons. The SMILES string of the molecule is CCNC(=O)N1CCN(CC(=O)N2CCc3cc(-c4csc(C)n4)ccc32)CC1. The number of fused-ring (bicyclic) bond motifs is 1. The lowest BCUT2D eigenvalue weighted by atomic mass is 10.1. The zero-order chi connectivity index (χ0) is 20.4. The number of rotatable bonds is 4. The summed E-state index contributed by atoms with van der Waals surface area (Å²) in [5, 5.41) is 5.97. The van der Waals surface area contributed by atoms with Crippen LogP contribution in [-0.4, -0.2) is 72.5 Å². The van der Waals surface area contributed by atoms with E-state index in [4.69, 9.17) is 0 Å². The molecule has 1 fully saturated rings. The number of benzene rings is 1. The van der Waals surface area contributed by atoms with Crippen molar-refractivity contribution in [1.82, 2.24) is 20.1 Å². The van der Waals surface area contributed by atoms with Crippen LogP contribution in [0.4, 0.5) is 10.5 Å². The molecular formula is C21H27N5O2S. The fourth-order valence-electron chi connectivity index (χ4n) is 3.96. The van der Waals surface area contributed by atoms with Crippen LogP contribution < -0.4 is 10.2 Å². The van der Waals surface area contributed by atoms with E-state index in [0.717, 1.165) is 48.0 Å². The highest BCUT2D eigenvalue weighted by Crippen LogP contribution is 2.32. The van der Waals surface area contributed by atoms with E-state index in [1.165, 1.54) is 5.56 Å². The summed E-state index contributed by atoms with van der Waals surface area (Å²) in [5.74, 6) is 0.132. The molecule has 4 rings (SSSR count). The van der Waals surface area contributed by atoms with Crippen LogP contribution in [0.2, 0.25) is 0 Å². The highest BCUT2D eigenvalue weighted by molar-refractivity contribution is 7.09. The van der Waals surface area contributed by atoms with Gasteiger partial charge in [-0.3, -0.25) is 9.69 Å². The third-order valence-electron chi connectivity index (χ3n) is 5.54. The van der Waals surface area contributed by atoms with Crippen LogP contribution in [0.15, 0.2) is 23.6 Å². The molecule has 29 heavy (non-hydrogen) atoms. The number of urea groups is 1. The van der Waals surface area contributed by atoms with Crippen molar-refractivity contribution in [2.45, 2.75) is 20.3 Å². The fourth-order valence-corrected chi connectivity index (χ4v) is 4.59. The van der Waals surface area contributed by atoms with Crippen LogP contribution in [0.1, 0.15) is 17.5 Å². The third kappa shape index (κ3) is 4.28. The fraction of sp³-hybridized carbons (Fsp3) is 0.476. The lowest BCUT2D eigenvalue weighted by molar-refractivity contribution is -0.120. The molecule has 3 heterocycles. The van der Waals surface area contributed by atoms with Crippen molar-refractivity contribution in [3.8, 4) is 11.3 Å². The number of aryl methyl sites for hydroxylation is 1. The average Bonchev–Trinajstić information content (AvgIpc) is 3.34. The Morgan fingerprint density at radius 2 is 1.97 bits per heavy atom. The van der Waals surface area contributed by atoms with Gasteiger partial charge in [0.1, 0.15) is 0 Å². The zero-order valence-corrected chi connectivity index (χ0v) is 17.8. The molecule has 1 N–H and O–H groups in total. The lowest BCUT2D eigenvalue weighted by Crippen LogP contribution is -2.53. The van der Waals surface area contributed by atoms with Gasteiger partial charge in [-0.05, 0) is 38.0 Å². The van der Waals surface area contributed by atoms with Crippen molar-refractivity contribution in [3.05, 3.63) is 34.2 Å². The monoisotopic (exact) mass is 413 g/mol. The van der Waals surface area contributed by atoms with Crippen LogP contribution in [0.25, 0.3) is 11.3 Å². The van der Waals surface area contributed by atoms with Crippen molar-refractivity contribution in [2.24, 2.45) is 0 Å². The van der Waals surface area contributed by atoms with E-state index in [2.05, 4.69) is 38.8 Å². The van der Waals surface area contributed by atoms with E-state index in [-0.39, 0.29) is 11.9 Å². The van der Waals surface area contributed by atoms with Gasteiger partial charge in [-0.1, -0.05) is 6.07 Å². The standard InChI is InChI=1S/C21H27N5O2S/c1-3-22-21(28)25-10-8-24(9-11-25)13-20(27)26-7-6-17-12-16(4-5-19(17)26)18-14-29-15(2)23-18/h4-5,12,14H,3,6-11,13H2,1-2H3,(H,22,28). The molecule has 0 bridgehead atoms. The molecule has 7 nitrogen and oxygen atoms in total. The second-order valence-electron chi connectivity index (χ2n) is 7.49. The minimum atomic E-state index is -0.0157. The van der Waals surface area contributed by atoms with Crippen molar-refractivity contribution in [3.63, 3.8) is 0 Å². The summed E-state index contributed by atoms with van der Waals surface area (Å²) in [7, 11) is 0. The summed E-state index contributed by atoms with van der Waals surface area (Å²) in [6, 6.07) is 6.27. The van der Waals surface area contributed by atoms with Crippen molar-refractivity contribution in [2.75, 3.05) is 50.7 Å². The first-order valence-corrected chi connectivity index (χ1v) is 11.0. The number of thiazole rings is 1. The van der Waals surface area contributed by atoms with Gasteiger partial charge in [-0.2, -0.15) is 0 Å². The Balaban J connectivity index is 1.36. The molecule has 1 aromatic heterocycles. The minimum Gasteiger partial charge on any atom is -0.338 e. The molecule has 2 aliphatic rings. The first kappa shape index (κ1) is 19.8. The van der Waals surface area contributed by atoms with E-state index in [0.29, 0.717) is 26.2 Å². The Hall–Kier alpha value is -2.45. The van der Waals surface area contributed by atoms with Crippen LogP contribution in [-0.2, 0) is 11.2 Å². The first-order valence-electron chi connectivity index (χ1n) is 10.2. The number of hydrogen-bond donors (Lipinski definition) is 1. The molecule has 0 radical (unpaired) electrons. The van der Waals surface area contributed by atoms with Gasteiger partial charge in [0.05, 0.1) is 17.2 Å². The Kier molecular flexibility index (Phi) is 5.82. The van der Waals surface area contributed by atoms with E-state index >= 15 is 0 Å². The largest absolute Gasteiger partial charge is 0.338 e. The van der Waals surface area contributed by atoms with Gasteiger partial charge in [-0.25, -0.2) is 9.78 Å². The van der Waals surface area contributed by atoms with Gasteiger partial charge in [0.25, 0.3) is 0 Å². The normalized spacial score (nSPS) is 16.8. The third-order valence-corrected chi connectivity index (χ3v) is 6.31. The quantitative estimate of drug-likeness (QED) is 0.836. The van der Waals surface area contributed by atoms with Gasteiger partial charge >= 0.3 is 6.03 Å². The summed E-state index contributed by atoms with van der Waals surface area (Å²) in [6.07, 6.45) is 0.878. The van der Waals surface area contributed by atoms with E-state index in [9.17, 15) is 9.59 Å². The topological polar surface area (TPSA) is 68.8 Å². The molecule has 0 saturated carbocycles. The molecule has 2 aromatic rings. The molecule has 1 saturated heterocycles. The predicted octanol–water partition coefficient (Wildman–Crippen LogP) is 2.35. The van der Waals surface area contributed by atoms with Gasteiger partial charge < -0.3 is 15.1 Å². The molecule has 0 unspecified atom stereocenters. The van der Waals surface area contributed by atoms with Crippen LogP contribution in [0.5, 0.6) is 0 Å². The second kappa shape index (κ2) is 8.51. The maximum Gasteiger partial charge on any atom is 0.317 e. The average molecular weight is 414 g/mol. The lowest BCUT2D eigenvalue weighted by Gasteiger charge is -2.35. The van der Waals surface area contributed by atoms with E-state index in [1.807, 2.05) is 23.6 Å². The highest BCUT2D eigenvalue weighted by Gasteiger charge is 2.28. The van der Waals surface area contributed by atoms with Gasteiger partial charge in [0.15, 0.2) is 0 Å². The van der Waals surface area contributed by atoms with Gasteiger partial charge in [-0.15, -0.1) is 11.3 Å². The van der Waals surface area contributed by atoms with Crippen molar-refractivity contribution >= 4 is 29.0 Å². The summed E-state index contributed by atoms with van der Waals surface area (Å²) in [4.78, 5) is 35.3. The highest BCUT2D eigenvalue weighted by atomic mass is 32.1. The zero-order valence-electron chi connectivity index (χ0n) is 17.0. The maximum atomic E-state index is 12.9. The number of piperazine rings is 1. The van der Waals surface area contributed by atoms with Crippen LogP contribution in [0.3, 0.4) is 0 Å². The van der Waals surface area contributed by atoms with Crippen molar-refractivity contribution in [1.29, 1.82) is 0 Å². The Morgan fingerprint density at radius 1 is 1.17 bits per heavy atom. The summed E-state index contributed by atoms with van der Waals surface area (Å²) in [5.41, 5.74) is 4.35. The predicted molar refractivity (Wildman–Crippen MR) is 115 cm³/mol. The van der Waals surface area contributed by atoms with E-state index < -0.39 is 0 Å². The Labute approximate surface area is 175 Å². The maximum absolute atomic E-state index is 12.9. The first-order chi connectivity index (χ1) is 14.0. The number of nitrogens with zero attached hydrogens (tertiary/aromatic N) is 4. The number of carbonyl (C=O) groups is 2. The second-order valence-corrected chi connectivity index (χ2v) is 8.55. The number of carbonyl (C=O) groups excluding carboxylic acids is 2. The Morgan fingerprint density at radius 3 is 2.66 bits per heavy atom. The van der Waals surface area contributed by atoms with E-state index in [1.54, 1.807) is 11.3 Å². The molecule has 0 atom stereocenters. The molecule has 0 aliphatic carbocycles. The number of hydrogen-bond acceptors (Lipinski definition) is 5. The number of amides is 3. The molecule has 8 heteroatoms. The van der Waals surface area contributed by atoms with Gasteiger partial charge in [0.2, 0.25) is 5.91 Å². The molecule has 3 amide bonds. The smallest absolute Gasteiger partial charge is 0.317 e. The summed E-state index contributed by atoms with van der Waals surface area (Å²) < 4.78 is 0. The summed E-state index contributed by atoms with van der Waals surface area (Å²) >= 11 is 1.65. The number of anilines is 1. The Bertz CT molecular complexity index is 904. The molecule has 0 spiro atoms. The summed E-state index contributed by atoms with van der Waals surface area (Å²) in [6.45, 7) is 8.47. The van der Waals surface area contributed by atoms with Crippen LogP contribution >= 0.6 is 11.3 Å². The van der Waals surface area contributed by atoms with Crippen molar-refractivity contribution < 1.29 is 9.59 Å². The van der Waals surface area contributed by atoms with Gasteiger partial charge in [0, 0.05) is 55.9 Å². The number of nitrogens with one attached hydrogen (secondary N) is 1.